The summed E-state index contributed by atoms with van der Waals surface area (Å²) >= 11 is 0. The van der Waals surface area contributed by atoms with Crippen LogP contribution in [0.5, 0.6) is 0 Å². The summed E-state index contributed by atoms with van der Waals surface area (Å²) in [6.45, 7) is 0. The maximum Gasteiger partial charge on any atom is 0.0879 e. The van der Waals surface area contributed by atoms with Crippen LogP contribution in [0.3, 0.4) is 0 Å². The highest BCUT2D eigenvalue weighted by Gasteiger charge is 2.07. The number of nitrogens with zero attached hydrogens (tertiary/aromatic N) is 2. The second-order valence-corrected chi connectivity index (χ2v) is 3.98. The second-order valence-electron chi connectivity index (χ2n) is 3.98. The van der Waals surface area contributed by atoms with E-state index in [1.807, 2.05) is 66.9 Å². The fourth-order valence-corrected chi connectivity index (χ4v) is 1.73. The van der Waals surface area contributed by atoms with Crippen LogP contribution >= 0.6 is 0 Å². The minimum atomic E-state index is -0.0867. The molecule has 0 fully saturated rings. The topological polar surface area (TPSA) is 36.1 Å². The Bertz CT molecular complexity index is 538. The SMILES string of the molecule is N#CC[C@@H](N=Cc1ccccc1)c1ccccc1. The van der Waals surface area contributed by atoms with Gasteiger partial charge in [-0.05, 0) is 11.1 Å². The Morgan fingerprint density at radius 3 is 2.22 bits per heavy atom. The van der Waals surface area contributed by atoms with Gasteiger partial charge in [0.2, 0.25) is 0 Å². The maximum atomic E-state index is 8.87. The van der Waals surface area contributed by atoms with Crippen molar-refractivity contribution in [1.29, 1.82) is 5.26 Å². The van der Waals surface area contributed by atoms with Gasteiger partial charge in [-0.25, -0.2) is 0 Å². The fraction of sp³-hybridized carbons (Fsp3) is 0.125. The molecule has 0 aromatic heterocycles. The Hall–Kier alpha value is -2.40. The molecule has 0 aliphatic carbocycles. The summed E-state index contributed by atoms with van der Waals surface area (Å²) in [7, 11) is 0. The van der Waals surface area contributed by atoms with E-state index in [1.165, 1.54) is 0 Å². The molecule has 0 spiro atoms. The molecule has 0 bridgehead atoms. The first kappa shape index (κ1) is 12.1. The number of hydrogen-bond acceptors (Lipinski definition) is 2. The summed E-state index contributed by atoms with van der Waals surface area (Å²) in [5.41, 5.74) is 2.13. The highest BCUT2D eigenvalue weighted by molar-refractivity contribution is 5.79. The van der Waals surface area contributed by atoms with E-state index < -0.39 is 0 Å². The number of rotatable bonds is 4. The van der Waals surface area contributed by atoms with E-state index >= 15 is 0 Å². The van der Waals surface area contributed by atoms with Gasteiger partial charge < -0.3 is 0 Å². The standard InChI is InChI=1S/C16H14N2/c17-12-11-16(15-9-5-2-6-10-15)18-13-14-7-3-1-4-8-14/h1-10,13,16H,11H2/t16-/m1/s1. The van der Waals surface area contributed by atoms with Crippen molar-refractivity contribution in [1.82, 2.24) is 0 Å². The van der Waals surface area contributed by atoms with Crippen molar-refractivity contribution >= 4 is 6.21 Å². The third-order valence-corrected chi connectivity index (χ3v) is 2.67. The zero-order chi connectivity index (χ0) is 12.6. The van der Waals surface area contributed by atoms with Gasteiger partial charge in [0.15, 0.2) is 0 Å². The molecule has 0 saturated heterocycles. The van der Waals surface area contributed by atoms with Gasteiger partial charge in [-0.15, -0.1) is 0 Å². The van der Waals surface area contributed by atoms with Crippen LogP contribution in [0.1, 0.15) is 23.6 Å². The van der Waals surface area contributed by atoms with Gasteiger partial charge in [0.05, 0.1) is 18.5 Å². The molecule has 0 heterocycles. The quantitative estimate of drug-likeness (QED) is 0.742. The van der Waals surface area contributed by atoms with E-state index in [0.29, 0.717) is 6.42 Å². The third-order valence-electron chi connectivity index (χ3n) is 2.67. The second kappa shape index (κ2) is 6.36. The molecule has 2 aromatic rings. The Labute approximate surface area is 107 Å². The van der Waals surface area contributed by atoms with Gasteiger partial charge in [0.25, 0.3) is 0 Å². The van der Waals surface area contributed by atoms with Gasteiger partial charge in [-0.2, -0.15) is 5.26 Å². The number of aliphatic imine (C=N–C) groups is 1. The van der Waals surface area contributed by atoms with Gasteiger partial charge in [0, 0.05) is 6.21 Å². The molecular weight excluding hydrogens is 220 g/mol. The minimum absolute atomic E-state index is 0.0867. The predicted molar refractivity (Wildman–Crippen MR) is 73.4 cm³/mol. The summed E-state index contributed by atoms with van der Waals surface area (Å²) in [5.74, 6) is 0. The van der Waals surface area contributed by atoms with Crippen molar-refractivity contribution in [3.05, 3.63) is 71.8 Å². The summed E-state index contributed by atoms with van der Waals surface area (Å²) < 4.78 is 0. The lowest BCUT2D eigenvalue weighted by Crippen LogP contribution is -1.95. The van der Waals surface area contributed by atoms with E-state index in [0.717, 1.165) is 11.1 Å². The molecule has 2 nitrogen and oxygen atoms in total. The van der Waals surface area contributed by atoms with Gasteiger partial charge in [0.1, 0.15) is 0 Å². The summed E-state index contributed by atoms with van der Waals surface area (Å²) in [6.07, 6.45) is 2.22. The van der Waals surface area contributed by atoms with E-state index in [9.17, 15) is 0 Å². The molecule has 0 radical (unpaired) electrons. The average molecular weight is 234 g/mol. The average Bonchev–Trinajstić information content (AvgIpc) is 2.45. The molecule has 18 heavy (non-hydrogen) atoms. The minimum Gasteiger partial charge on any atom is -0.283 e. The van der Waals surface area contributed by atoms with Crippen molar-refractivity contribution in [2.75, 3.05) is 0 Å². The predicted octanol–water partition coefficient (Wildman–Crippen LogP) is 3.76. The Kier molecular flexibility index (Phi) is 4.27. The van der Waals surface area contributed by atoms with Crippen molar-refractivity contribution in [2.24, 2.45) is 4.99 Å². The Morgan fingerprint density at radius 1 is 1.00 bits per heavy atom. The normalized spacial score (nSPS) is 12.2. The molecule has 0 saturated carbocycles. The lowest BCUT2D eigenvalue weighted by atomic mass is 10.1. The first-order valence-electron chi connectivity index (χ1n) is 5.90. The van der Waals surface area contributed by atoms with Crippen LogP contribution in [-0.4, -0.2) is 6.21 Å². The van der Waals surface area contributed by atoms with E-state index in [2.05, 4.69) is 11.1 Å². The molecule has 0 N–H and O–H groups in total. The molecule has 2 heteroatoms. The van der Waals surface area contributed by atoms with Crippen LogP contribution < -0.4 is 0 Å². The van der Waals surface area contributed by atoms with Crippen molar-refractivity contribution in [3.8, 4) is 6.07 Å². The van der Waals surface area contributed by atoms with Crippen LogP contribution in [0.4, 0.5) is 0 Å². The van der Waals surface area contributed by atoms with Crippen LogP contribution in [0.25, 0.3) is 0 Å². The molecule has 88 valence electrons. The van der Waals surface area contributed by atoms with Crippen molar-refractivity contribution in [3.63, 3.8) is 0 Å². The highest BCUT2D eigenvalue weighted by atomic mass is 14.8. The summed E-state index contributed by atoms with van der Waals surface area (Å²) in [5, 5.41) is 8.87. The monoisotopic (exact) mass is 234 g/mol. The van der Waals surface area contributed by atoms with Crippen molar-refractivity contribution in [2.45, 2.75) is 12.5 Å². The largest absolute Gasteiger partial charge is 0.283 e. The smallest absolute Gasteiger partial charge is 0.0879 e. The third kappa shape index (κ3) is 3.29. The fourth-order valence-electron chi connectivity index (χ4n) is 1.73. The molecule has 2 rings (SSSR count). The lowest BCUT2D eigenvalue weighted by molar-refractivity contribution is 0.755. The Balaban J connectivity index is 2.18. The molecule has 0 aliphatic rings. The first-order chi connectivity index (χ1) is 8.90. The van der Waals surface area contributed by atoms with Crippen LogP contribution in [0, 0.1) is 11.3 Å². The summed E-state index contributed by atoms with van der Waals surface area (Å²) in [4.78, 5) is 4.51. The van der Waals surface area contributed by atoms with Crippen LogP contribution in [-0.2, 0) is 0 Å². The Morgan fingerprint density at radius 2 is 1.61 bits per heavy atom. The van der Waals surface area contributed by atoms with Crippen molar-refractivity contribution < 1.29 is 0 Å². The zero-order valence-corrected chi connectivity index (χ0v) is 10.0. The van der Waals surface area contributed by atoms with Crippen LogP contribution in [0.2, 0.25) is 0 Å². The molecule has 0 unspecified atom stereocenters. The number of benzene rings is 2. The van der Waals surface area contributed by atoms with Gasteiger partial charge in [-0.1, -0.05) is 60.7 Å². The molecular formula is C16H14N2. The maximum absolute atomic E-state index is 8.87. The molecule has 1 atom stereocenters. The van der Waals surface area contributed by atoms with E-state index in [1.54, 1.807) is 0 Å². The van der Waals surface area contributed by atoms with E-state index in [-0.39, 0.29) is 6.04 Å². The molecule has 0 aliphatic heterocycles. The lowest BCUT2D eigenvalue weighted by Gasteiger charge is -2.08. The number of hydrogen-bond donors (Lipinski definition) is 0. The van der Waals surface area contributed by atoms with Gasteiger partial charge >= 0.3 is 0 Å². The first-order valence-corrected chi connectivity index (χ1v) is 5.90. The van der Waals surface area contributed by atoms with Gasteiger partial charge in [-0.3, -0.25) is 4.99 Å². The molecule has 0 amide bonds. The highest BCUT2D eigenvalue weighted by Crippen LogP contribution is 2.20. The van der Waals surface area contributed by atoms with E-state index in [4.69, 9.17) is 5.26 Å². The molecule has 2 aromatic carbocycles. The van der Waals surface area contributed by atoms with Crippen LogP contribution in [0.15, 0.2) is 65.7 Å². The zero-order valence-electron chi connectivity index (χ0n) is 10.0. The number of nitriles is 1. The summed E-state index contributed by atoms with van der Waals surface area (Å²) in [6, 6.07) is 21.9.